The van der Waals surface area contributed by atoms with Gasteiger partial charge in [-0.25, -0.2) is 4.79 Å². The number of esters is 1. The zero-order chi connectivity index (χ0) is 22.1. The van der Waals surface area contributed by atoms with Gasteiger partial charge in [0.05, 0.1) is 21.3 Å². The van der Waals surface area contributed by atoms with E-state index in [2.05, 4.69) is 5.32 Å². The Morgan fingerprint density at radius 1 is 1.03 bits per heavy atom. The zero-order valence-electron chi connectivity index (χ0n) is 17.9. The second-order valence-corrected chi connectivity index (χ2v) is 6.41. The topological polar surface area (TPSA) is 83.1 Å². The Kier molecular flexibility index (Phi) is 8.29. The van der Waals surface area contributed by atoms with Crippen LogP contribution in [0.3, 0.4) is 0 Å². The molecule has 30 heavy (non-hydrogen) atoms. The van der Waals surface area contributed by atoms with E-state index in [1.165, 1.54) is 27.4 Å². The fourth-order valence-electron chi connectivity index (χ4n) is 2.92. The monoisotopic (exact) mass is 413 g/mol. The molecule has 0 aliphatic rings. The van der Waals surface area contributed by atoms with Gasteiger partial charge in [0.25, 0.3) is 5.91 Å². The van der Waals surface area contributed by atoms with Gasteiger partial charge < -0.3 is 24.3 Å². The molecule has 0 aliphatic heterocycles. The molecule has 2 rings (SSSR count). The van der Waals surface area contributed by atoms with Crippen molar-refractivity contribution in [1.82, 2.24) is 0 Å². The van der Waals surface area contributed by atoms with Crippen LogP contribution in [0.4, 0.5) is 5.69 Å². The van der Waals surface area contributed by atoms with Crippen molar-refractivity contribution >= 4 is 23.6 Å². The zero-order valence-corrected chi connectivity index (χ0v) is 17.9. The minimum atomic E-state index is -0.639. The first-order chi connectivity index (χ1) is 14.4. The van der Waals surface area contributed by atoms with Crippen LogP contribution in [0.15, 0.2) is 36.4 Å². The van der Waals surface area contributed by atoms with E-state index in [0.717, 1.165) is 23.2 Å². The summed E-state index contributed by atoms with van der Waals surface area (Å²) in [4.78, 5) is 24.2. The molecule has 7 heteroatoms. The average Bonchev–Trinajstić information content (AvgIpc) is 2.76. The molecule has 2 aromatic rings. The van der Waals surface area contributed by atoms with E-state index in [9.17, 15) is 9.59 Å². The second kappa shape index (κ2) is 10.9. The Morgan fingerprint density at radius 2 is 1.70 bits per heavy atom. The van der Waals surface area contributed by atoms with Gasteiger partial charge in [0, 0.05) is 11.8 Å². The maximum Gasteiger partial charge on any atom is 0.331 e. The van der Waals surface area contributed by atoms with Crippen LogP contribution in [0.5, 0.6) is 17.2 Å². The number of nitrogens with one attached hydrogen (secondary N) is 1. The van der Waals surface area contributed by atoms with Crippen LogP contribution in [0, 0.1) is 6.92 Å². The van der Waals surface area contributed by atoms with Crippen LogP contribution in [-0.4, -0.2) is 39.8 Å². The van der Waals surface area contributed by atoms with Crippen molar-refractivity contribution in [3.63, 3.8) is 0 Å². The van der Waals surface area contributed by atoms with E-state index >= 15 is 0 Å². The number of para-hydroxylation sites is 1. The minimum absolute atomic E-state index is 0.379. The van der Waals surface area contributed by atoms with Crippen molar-refractivity contribution in [3.05, 3.63) is 53.1 Å². The summed E-state index contributed by atoms with van der Waals surface area (Å²) in [5.41, 5.74) is 3.39. The van der Waals surface area contributed by atoms with Crippen molar-refractivity contribution in [1.29, 1.82) is 0 Å². The van der Waals surface area contributed by atoms with E-state index in [1.54, 1.807) is 18.2 Å². The first kappa shape index (κ1) is 22.8. The molecule has 0 bridgehead atoms. The first-order valence-electron chi connectivity index (χ1n) is 9.46. The number of carbonyl (C=O) groups excluding carboxylic acids is 2. The molecule has 0 radical (unpaired) electrons. The lowest BCUT2D eigenvalue weighted by Gasteiger charge is -2.13. The molecule has 1 amide bonds. The minimum Gasteiger partial charge on any atom is -0.493 e. The van der Waals surface area contributed by atoms with Gasteiger partial charge in [-0.1, -0.05) is 25.1 Å². The highest BCUT2D eigenvalue weighted by Gasteiger charge is 2.13. The molecule has 1 N–H and O–H groups in total. The van der Waals surface area contributed by atoms with Crippen LogP contribution in [0.2, 0.25) is 0 Å². The molecule has 2 aromatic carbocycles. The summed E-state index contributed by atoms with van der Waals surface area (Å²) in [5, 5.41) is 2.81. The summed E-state index contributed by atoms with van der Waals surface area (Å²) in [7, 11) is 4.53. The number of ether oxygens (including phenoxy) is 4. The average molecular weight is 413 g/mol. The molecular formula is C23H27NO6. The summed E-state index contributed by atoms with van der Waals surface area (Å²) in [6.07, 6.45) is 3.56. The number of benzene rings is 2. The fourth-order valence-corrected chi connectivity index (χ4v) is 2.92. The Balaban J connectivity index is 1.99. The van der Waals surface area contributed by atoms with Gasteiger partial charge >= 0.3 is 5.97 Å². The van der Waals surface area contributed by atoms with E-state index < -0.39 is 11.9 Å². The van der Waals surface area contributed by atoms with Gasteiger partial charge in [-0.05, 0) is 48.2 Å². The van der Waals surface area contributed by atoms with Crippen LogP contribution in [0.1, 0.15) is 23.6 Å². The largest absolute Gasteiger partial charge is 0.493 e. The van der Waals surface area contributed by atoms with Crippen molar-refractivity contribution in [3.8, 4) is 17.2 Å². The molecule has 7 nitrogen and oxygen atoms in total. The Morgan fingerprint density at radius 3 is 2.27 bits per heavy atom. The highest BCUT2D eigenvalue weighted by molar-refractivity contribution is 5.95. The third kappa shape index (κ3) is 5.76. The summed E-state index contributed by atoms with van der Waals surface area (Å²) < 4.78 is 20.9. The van der Waals surface area contributed by atoms with E-state index in [-0.39, 0.29) is 6.61 Å². The predicted octanol–water partition coefficient (Wildman–Crippen LogP) is 3.78. The van der Waals surface area contributed by atoms with Crippen molar-refractivity contribution in [2.45, 2.75) is 20.3 Å². The van der Waals surface area contributed by atoms with Gasteiger partial charge in [-0.3, -0.25) is 4.79 Å². The van der Waals surface area contributed by atoms with Crippen LogP contribution in [-0.2, 0) is 20.7 Å². The third-order valence-electron chi connectivity index (χ3n) is 4.45. The third-order valence-corrected chi connectivity index (χ3v) is 4.45. The molecule has 0 atom stereocenters. The predicted molar refractivity (Wildman–Crippen MR) is 115 cm³/mol. The molecule has 0 saturated heterocycles. The number of hydrogen-bond donors (Lipinski definition) is 1. The smallest absolute Gasteiger partial charge is 0.331 e. The number of hydrogen-bond acceptors (Lipinski definition) is 6. The quantitative estimate of drug-likeness (QED) is 0.498. The fraction of sp³-hybridized carbons (Fsp3) is 0.304. The van der Waals surface area contributed by atoms with Crippen LogP contribution < -0.4 is 19.5 Å². The van der Waals surface area contributed by atoms with Gasteiger partial charge in [-0.15, -0.1) is 0 Å². The molecule has 0 spiro atoms. The maximum absolute atomic E-state index is 12.2. The Hall–Kier alpha value is -3.48. The SMILES string of the molecule is CCc1cccc(C)c1NC(=O)COC(=O)C=Cc1cc(OC)c(OC)c(OC)c1. The molecule has 0 saturated carbocycles. The standard InChI is InChI=1S/C23H27NO6/c1-6-17-9-7-8-15(2)22(17)24-20(25)14-30-21(26)11-10-16-12-18(27-3)23(29-5)19(13-16)28-4/h7-13H,6,14H2,1-5H3,(H,24,25). The first-order valence-corrected chi connectivity index (χ1v) is 9.46. The lowest BCUT2D eigenvalue weighted by Crippen LogP contribution is -2.21. The highest BCUT2D eigenvalue weighted by atomic mass is 16.5. The second-order valence-electron chi connectivity index (χ2n) is 6.41. The van der Waals surface area contributed by atoms with E-state index in [1.807, 2.05) is 32.0 Å². The summed E-state index contributed by atoms with van der Waals surface area (Å²) >= 11 is 0. The molecule has 0 aromatic heterocycles. The van der Waals surface area contributed by atoms with Gasteiger partial charge in [0.1, 0.15) is 0 Å². The number of amides is 1. The molecule has 0 aliphatic carbocycles. The van der Waals surface area contributed by atoms with E-state index in [0.29, 0.717) is 22.8 Å². The molecule has 0 unspecified atom stereocenters. The number of carbonyl (C=O) groups is 2. The van der Waals surface area contributed by atoms with Gasteiger partial charge in [-0.2, -0.15) is 0 Å². The maximum atomic E-state index is 12.2. The number of anilines is 1. The Bertz CT molecular complexity index is 910. The van der Waals surface area contributed by atoms with Crippen LogP contribution >= 0.6 is 0 Å². The van der Waals surface area contributed by atoms with Gasteiger partial charge in [0.2, 0.25) is 5.75 Å². The lowest BCUT2D eigenvalue weighted by molar-refractivity contribution is -0.142. The molecule has 0 heterocycles. The summed E-state index contributed by atoms with van der Waals surface area (Å²) in [6.45, 7) is 3.55. The van der Waals surface area contributed by atoms with Crippen molar-refractivity contribution < 1.29 is 28.5 Å². The van der Waals surface area contributed by atoms with Crippen molar-refractivity contribution in [2.75, 3.05) is 33.3 Å². The summed E-state index contributed by atoms with van der Waals surface area (Å²) in [6, 6.07) is 9.21. The molecular weight excluding hydrogens is 386 g/mol. The van der Waals surface area contributed by atoms with Crippen molar-refractivity contribution in [2.24, 2.45) is 0 Å². The van der Waals surface area contributed by atoms with Crippen LogP contribution in [0.25, 0.3) is 6.08 Å². The molecule has 160 valence electrons. The van der Waals surface area contributed by atoms with Gasteiger partial charge in [0.15, 0.2) is 18.1 Å². The normalized spacial score (nSPS) is 10.6. The lowest BCUT2D eigenvalue weighted by atomic mass is 10.1. The Labute approximate surface area is 176 Å². The summed E-state index contributed by atoms with van der Waals surface area (Å²) in [5.74, 6) is 0.357. The number of rotatable bonds is 9. The highest BCUT2D eigenvalue weighted by Crippen LogP contribution is 2.38. The van der Waals surface area contributed by atoms with E-state index in [4.69, 9.17) is 18.9 Å². The molecule has 0 fully saturated rings. The number of aryl methyl sites for hydroxylation is 2. The number of methoxy groups -OCH3 is 3.